The third-order valence-electron chi connectivity index (χ3n) is 5.71. The van der Waals surface area contributed by atoms with Crippen molar-refractivity contribution >= 4 is 23.0 Å². The Morgan fingerprint density at radius 1 is 0.906 bits per heavy atom. The molecule has 6 rings (SSSR count). The number of hydrogen-bond acceptors (Lipinski definition) is 5. The SMILES string of the molecule is S=C1N[C@H](c2ccccn2)[C@H](c2ccc(-c3ccccc3)o2)N1c1ccc2c(c1)OCO2. The second-order valence-electron chi connectivity index (χ2n) is 7.60. The van der Waals surface area contributed by atoms with Gasteiger partial charge in [-0.15, -0.1) is 0 Å². The second-order valence-corrected chi connectivity index (χ2v) is 7.99. The Morgan fingerprint density at radius 2 is 1.75 bits per heavy atom. The molecule has 0 saturated carbocycles. The van der Waals surface area contributed by atoms with Crippen molar-refractivity contribution in [3.8, 4) is 22.8 Å². The zero-order valence-corrected chi connectivity index (χ0v) is 17.8. The molecule has 2 aliphatic rings. The molecule has 1 fully saturated rings. The van der Waals surface area contributed by atoms with Crippen molar-refractivity contribution in [2.24, 2.45) is 0 Å². The summed E-state index contributed by atoms with van der Waals surface area (Å²) in [4.78, 5) is 6.65. The van der Waals surface area contributed by atoms with Gasteiger partial charge in [-0.3, -0.25) is 4.98 Å². The monoisotopic (exact) mass is 441 g/mol. The minimum atomic E-state index is -0.227. The molecule has 1 N–H and O–H groups in total. The van der Waals surface area contributed by atoms with Crippen LogP contribution in [-0.4, -0.2) is 16.9 Å². The number of hydrogen-bond donors (Lipinski definition) is 1. The van der Waals surface area contributed by atoms with Crippen molar-refractivity contribution in [2.75, 3.05) is 11.7 Å². The van der Waals surface area contributed by atoms with Gasteiger partial charge in [-0.1, -0.05) is 36.4 Å². The Labute approximate surface area is 190 Å². The average Bonchev–Trinajstić information content (AvgIpc) is 3.58. The summed E-state index contributed by atoms with van der Waals surface area (Å²) in [7, 11) is 0. The van der Waals surface area contributed by atoms with E-state index >= 15 is 0 Å². The molecule has 0 unspecified atom stereocenters. The van der Waals surface area contributed by atoms with E-state index in [0.717, 1.165) is 34.2 Å². The van der Waals surface area contributed by atoms with E-state index in [0.29, 0.717) is 10.9 Å². The van der Waals surface area contributed by atoms with Crippen molar-refractivity contribution in [2.45, 2.75) is 12.1 Å². The van der Waals surface area contributed by atoms with Gasteiger partial charge in [0, 0.05) is 23.5 Å². The molecule has 2 atom stereocenters. The molecule has 2 aromatic heterocycles. The van der Waals surface area contributed by atoms with Crippen molar-refractivity contribution in [3.63, 3.8) is 0 Å². The third kappa shape index (κ3) is 3.18. The van der Waals surface area contributed by atoms with Crippen molar-refractivity contribution in [3.05, 3.63) is 96.5 Å². The Morgan fingerprint density at radius 3 is 2.59 bits per heavy atom. The predicted molar refractivity (Wildman–Crippen MR) is 125 cm³/mol. The second kappa shape index (κ2) is 7.69. The van der Waals surface area contributed by atoms with Crippen LogP contribution in [0.3, 0.4) is 0 Å². The number of ether oxygens (including phenoxy) is 2. The van der Waals surface area contributed by atoms with E-state index in [2.05, 4.69) is 15.2 Å². The number of anilines is 1. The number of benzene rings is 2. The molecule has 158 valence electrons. The van der Waals surface area contributed by atoms with E-state index < -0.39 is 0 Å². The Bertz CT molecular complexity index is 1280. The lowest BCUT2D eigenvalue weighted by molar-refractivity contribution is 0.174. The smallest absolute Gasteiger partial charge is 0.231 e. The summed E-state index contributed by atoms with van der Waals surface area (Å²) in [6.07, 6.45) is 1.79. The molecular formula is C25H19N3O3S. The molecule has 0 bridgehead atoms. The number of aromatic nitrogens is 1. The maximum atomic E-state index is 6.37. The fourth-order valence-electron chi connectivity index (χ4n) is 4.23. The lowest BCUT2D eigenvalue weighted by Gasteiger charge is -2.26. The summed E-state index contributed by atoms with van der Waals surface area (Å²) in [5.74, 6) is 3.04. The van der Waals surface area contributed by atoms with Gasteiger partial charge in [0.05, 0.1) is 11.7 Å². The Kier molecular flexibility index (Phi) is 4.54. The Hall–Kier alpha value is -3.84. The van der Waals surface area contributed by atoms with E-state index in [4.69, 9.17) is 26.1 Å². The van der Waals surface area contributed by atoms with Gasteiger partial charge in [-0.05, 0) is 48.6 Å². The number of nitrogens with one attached hydrogen (secondary N) is 1. The highest BCUT2D eigenvalue weighted by Gasteiger charge is 2.43. The van der Waals surface area contributed by atoms with Gasteiger partial charge in [0.15, 0.2) is 16.6 Å². The number of fused-ring (bicyclic) bond motifs is 1. The summed E-state index contributed by atoms with van der Waals surface area (Å²) in [6.45, 7) is 0.222. The summed E-state index contributed by atoms with van der Waals surface area (Å²) in [5.41, 5.74) is 2.81. The van der Waals surface area contributed by atoms with Gasteiger partial charge >= 0.3 is 0 Å². The van der Waals surface area contributed by atoms with Crippen LogP contribution >= 0.6 is 12.2 Å². The molecule has 0 amide bonds. The molecule has 4 aromatic rings. The quantitative estimate of drug-likeness (QED) is 0.434. The zero-order chi connectivity index (χ0) is 21.5. The van der Waals surface area contributed by atoms with Crippen LogP contribution in [0.1, 0.15) is 23.5 Å². The fraction of sp³-hybridized carbons (Fsp3) is 0.120. The molecule has 7 heteroatoms. The fourth-order valence-corrected chi connectivity index (χ4v) is 4.57. The highest BCUT2D eigenvalue weighted by Crippen LogP contribution is 2.45. The number of rotatable bonds is 4. The van der Waals surface area contributed by atoms with Crippen LogP contribution in [0.5, 0.6) is 11.5 Å². The van der Waals surface area contributed by atoms with Crippen molar-refractivity contribution in [1.82, 2.24) is 10.3 Å². The first kappa shape index (κ1) is 18.9. The van der Waals surface area contributed by atoms with Gasteiger partial charge in [-0.25, -0.2) is 0 Å². The van der Waals surface area contributed by atoms with Gasteiger partial charge < -0.3 is 24.1 Å². The van der Waals surface area contributed by atoms with E-state index in [1.807, 2.05) is 78.9 Å². The molecule has 4 heterocycles. The maximum absolute atomic E-state index is 6.37. The van der Waals surface area contributed by atoms with Crippen LogP contribution in [0, 0.1) is 0 Å². The zero-order valence-electron chi connectivity index (χ0n) is 17.0. The van der Waals surface area contributed by atoms with E-state index in [1.54, 1.807) is 6.20 Å². The van der Waals surface area contributed by atoms with Gasteiger partial charge in [0.2, 0.25) is 6.79 Å². The largest absolute Gasteiger partial charge is 0.459 e. The van der Waals surface area contributed by atoms with Crippen LogP contribution in [-0.2, 0) is 0 Å². The summed E-state index contributed by atoms with van der Waals surface area (Å²) >= 11 is 5.78. The van der Waals surface area contributed by atoms with Gasteiger partial charge in [0.1, 0.15) is 17.6 Å². The lowest BCUT2D eigenvalue weighted by atomic mass is 10.0. The molecule has 2 aliphatic heterocycles. The number of nitrogens with zero attached hydrogens (tertiary/aromatic N) is 2. The van der Waals surface area contributed by atoms with Gasteiger partial charge in [-0.2, -0.15) is 0 Å². The van der Waals surface area contributed by atoms with Gasteiger partial charge in [0.25, 0.3) is 0 Å². The highest BCUT2D eigenvalue weighted by molar-refractivity contribution is 7.80. The lowest BCUT2D eigenvalue weighted by Crippen LogP contribution is -2.29. The van der Waals surface area contributed by atoms with Crippen molar-refractivity contribution < 1.29 is 13.9 Å². The maximum Gasteiger partial charge on any atom is 0.231 e. The molecular weight excluding hydrogens is 422 g/mol. The van der Waals surface area contributed by atoms with E-state index in [9.17, 15) is 0 Å². The van der Waals surface area contributed by atoms with E-state index in [-0.39, 0.29) is 18.9 Å². The van der Waals surface area contributed by atoms with Crippen LogP contribution < -0.4 is 19.7 Å². The van der Waals surface area contributed by atoms with E-state index in [1.165, 1.54) is 0 Å². The number of furan rings is 1. The molecule has 32 heavy (non-hydrogen) atoms. The minimum Gasteiger partial charge on any atom is -0.459 e. The molecule has 6 nitrogen and oxygen atoms in total. The average molecular weight is 442 g/mol. The molecule has 1 saturated heterocycles. The van der Waals surface area contributed by atoms with Crippen molar-refractivity contribution in [1.29, 1.82) is 0 Å². The third-order valence-corrected chi connectivity index (χ3v) is 6.02. The first-order chi connectivity index (χ1) is 15.8. The highest BCUT2D eigenvalue weighted by atomic mass is 32.1. The molecule has 0 spiro atoms. The normalized spacial score (nSPS) is 19.2. The predicted octanol–water partition coefficient (Wildman–Crippen LogP) is 5.25. The Balaban J connectivity index is 1.45. The first-order valence-corrected chi connectivity index (χ1v) is 10.7. The molecule has 0 aliphatic carbocycles. The number of thiocarbonyl (C=S) groups is 1. The number of pyridine rings is 1. The van der Waals surface area contributed by atoms with Crippen LogP contribution in [0.2, 0.25) is 0 Å². The van der Waals surface area contributed by atoms with Crippen LogP contribution in [0.25, 0.3) is 11.3 Å². The van der Waals surface area contributed by atoms with Crippen LogP contribution in [0.4, 0.5) is 5.69 Å². The first-order valence-electron chi connectivity index (χ1n) is 10.3. The summed E-state index contributed by atoms with van der Waals surface area (Å²) < 4.78 is 17.5. The summed E-state index contributed by atoms with van der Waals surface area (Å²) in [5, 5.41) is 4.05. The minimum absolute atomic E-state index is 0.177. The molecule has 0 radical (unpaired) electrons. The van der Waals surface area contributed by atoms with Crippen LogP contribution in [0.15, 0.2) is 89.5 Å². The summed E-state index contributed by atoms with van der Waals surface area (Å²) in [6, 6.07) is 25.4. The standard InChI is InChI=1S/C25H19N3O3S/c32-25-27-23(18-8-4-5-13-26-18)24(21-12-11-19(31-21)16-6-2-1-3-7-16)28(25)17-9-10-20-22(14-17)30-15-29-20/h1-14,23-24H,15H2,(H,27,32)/t23-,24+/m1/s1. The molecule has 2 aromatic carbocycles. The topological polar surface area (TPSA) is 59.8 Å².